The Morgan fingerprint density at radius 1 is 1.18 bits per heavy atom. The van der Waals surface area contributed by atoms with Gasteiger partial charge in [-0.3, -0.25) is 4.79 Å². The summed E-state index contributed by atoms with van der Waals surface area (Å²) in [5.74, 6) is 0.802. The highest BCUT2D eigenvalue weighted by Gasteiger charge is 2.31. The number of sulfone groups is 1. The third-order valence-electron chi connectivity index (χ3n) is 6.92. The molecule has 2 aromatic carbocycles. The zero-order valence-corrected chi connectivity index (χ0v) is 22.2. The standard InChI is InChI=1S/C27H29FN4O6S/c1-31-24-13-22(37-16-18-7-9-39(35,36)10-8-18)5-6-25(24)38-17-23(26(31)33)30-27(34)32-15-20(14-29-32)11-19-3-2-4-21(28)12-19/h2-6,12-15,18,23H,7-11,16-17H2,1H3,(H,30,34)/t23-/m0/s1. The van der Waals surface area contributed by atoms with E-state index in [1.807, 2.05) is 0 Å². The number of anilines is 1. The molecule has 1 atom stereocenters. The predicted octanol–water partition coefficient (Wildman–Crippen LogP) is 2.80. The highest BCUT2D eigenvalue weighted by molar-refractivity contribution is 7.91. The van der Waals surface area contributed by atoms with Crippen molar-refractivity contribution < 1.29 is 31.9 Å². The summed E-state index contributed by atoms with van der Waals surface area (Å²) in [5.41, 5.74) is 1.96. The number of benzene rings is 2. The van der Waals surface area contributed by atoms with Gasteiger partial charge in [-0.1, -0.05) is 12.1 Å². The fourth-order valence-corrected chi connectivity index (χ4v) is 6.24. The van der Waals surface area contributed by atoms with Crippen molar-refractivity contribution >= 4 is 27.5 Å². The van der Waals surface area contributed by atoms with Crippen molar-refractivity contribution in [1.29, 1.82) is 0 Å². The fraction of sp³-hybridized carbons (Fsp3) is 0.370. The zero-order valence-electron chi connectivity index (χ0n) is 21.4. The largest absolute Gasteiger partial charge is 0.493 e. The number of aromatic nitrogens is 2. The van der Waals surface area contributed by atoms with E-state index in [1.54, 1.807) is 37.4 Å². The average Bonchev–Trinajstić information content (AvgIpc) is 3.34. The molecule has 1 N–H and O–H groups in total. The lowest BCUT2D eigenvalue weighted by Gasteiger charge is -2.23. The van der Waals surface area contributed by atoms with Gasteiger partial charge in [0, 0.05) is 25.7 Å². The summed E-state index contributed by atoms with van der Waals surface area (Å²) in [6.07, 6.45) is 4.59. The minimum absolute atomic E-state index is 0.0733. The second-order valence-electron chi connectivity index (χ2n) is 9.85. The molecule has 3 aromatic rings. The Balaban J connectivity index is 1.20. The molecule has 10 nitrogen and oxygen atoms in total. The van der Waals surface area contributed by atoms with Crippen molar-refractivity contribution in [3.8, 4) is 11.5 Å². The highest BCUT2D eigenvalue weighted by atomic mass is 32.2. The highest BCUT2D eigenvalue weighted by Crippen LogP contribution is 2.34. The number of hydrogen-bond donors (Lipinski definition) is 1. The molecular weight excluding hydrogens is 527 g/mol. The minimum Gasteiger partial charge on any atom is -0.493 e. The van der Waals surface area contributed by atoms with Crippen LogP contribution in [0.3, 0.4) is 0 Å². The molecule has 5 rings (SSSR count). The second kappa shape index (κ2) is 11.0. The van der Waals surface area contributed by atoms with Crippen LogP contribution < -0.4 is 19.7 Å². The summed E-state index contributed by atoms with van der Waals surface area (Å²) in [6, 6.07) is 9.77. The summed E-state index contributed by atoms with van der Waals surface area (Å²) in [5, 5.41) is 6.75. The molecule has 0 spiro atoms. The van der Waals surface area contributed by atoms with Crippen molar-refractivity contribution in [2.75, 3.05) is 36.7 Å². The Hall–Kier alpha value is -3.93. The number of carbonyl (C=O) groups is 2. The first-order valence-electron chi connectivity index (χ1n) is 12.6. The molecule has 206 valence electrons. The molecule has 0 saturated carbocycles. The van der Waals surface area contributed by atoms with Crippen LogP contribution in [0.1, 0.15) is 24.0 Å². The number of ether oxygens (including phenoxy) is 2. The fourth-order valence-electron chi connectivity index (χ4n) is 4.65. The number of likely N-dealkylation sites (N-methyl/N-ethyl adjacent to an activating group) is 1. The van der Waals surface area contributed by atoms with E-state index in [4.69, 9.17) is 9.47 Å². The third-order valence-corrected chi connectivity index (χ3v) is 8.64. The van der Waals surface area contributed by atoms with Gasteiger partial charge in [-0.25, -0.2) is 17.6 Å². The van der Waals surface area contributed by atoms with Crippen LogP contribution in [0.5, 0.6) is 11.5 Å². The maximum absolute atomic E-state index is 13.5. The Bertz CT molecular complexity index is 1480. The first kappa shape index (κ1) is 26.7. The number of nitrogens with one attached hydrogen (secondary N) is 1. The van der Waals surface area contributed by atoms with E-state index in [9.17, 15) is 22.4 Å². The smallest absolute Gasteiger partial charge is 0.342 e. The van der Waals surface area contributed by atoms with Crippen LogP contribution in [0.2, 0.25) is 0 Å². The van der Waals surface area contributed by atoms with Crippen LogP contribution in [-0.2, 0) is 21.1 Å². The van der Waals surface area contributed by atoms with Gasteiger partial charge in [0.2, 0.25) is 0 Å². The van der Waals surface area contributed by atoms with Crippen LogP contribution in [0.15, 0.2) is 54.9 Å². The van der Waals surface area contributed by atoms with Gasteiger partial charge in [-0.05, 0) is 54.2 Å². The van der Waals surface area contributed by atoms with Gasteiger partial charge in [0.05, 0.1) is 30.0 Å². The Morgan fingerprint density at radius 2 is 1.97 bits per heavy atom. The normalized spacial score (nSPS) is 19.1. The Kier molecular flexibility index (Phi) is 7.56. The number of nitrogens with zero attached hydrogens (tertiary/aromatic N) is 3. The lowest BCUT2D eigenvalue weighted by molar-refractivity contribution is -0.120. The molecule has 1 fully saturated rings. The molecule has 2 aliphatic heterocycles. The summed E-state index contributed by atoms with van der Waals surface area (Å²) in [6.45, 7) is 0.312. The quantitative estimate of drug-likeness (QED) is 0.496. The first-order valence-corrected chi connectivity index (χ1v) is 14.5. The molecule has 1 aromatic heterocycles. The van der Waals surface area contributed by atoms with Crippen molar-refractivity contribution in [3.63, 3.8) is 0 Å². The van der Waals surface area contributed by atoms with E-state index in [0.717, 1.165) is 10.2 Å². The monoisotopic (exact) mass is 556 g/mol. The number of hydrogen-bond acceptors (Lipinski definition) is 7. The van der Waals surface area contributed by atoms with E-state index < -0.39 is 21.9 Å². The van der Waals surface area contributed by atoms with Gasteiger partial charge in [0.25, 0.3) is 5.91 Å². The van der Waals surface area contributed by atoms with Crippen LogP contribution in [0.25, 0.3) is 0 Å². The van der Waals surface area contributed by atoms with Crippen molar-refractivity contribution in [3.05, 3.63) is 71.8 Å². The lowest BCUT2D eigenvalue weighted by atomic mass is 10.0. The molecule has 0 radical (unpaired) electrons. The first-order chi connectivity index (χ1) is 18.7. The predicted molar refractivity (Wildman–Crippen MR) is 141 cm³/mol. The van der Waals surface area contributed by atoms with E-state index in [2.05, 4.69) is 10.4 Å². The van der Waals surface area contributed by atoms with E-state index in [1.165, 1.54) is 29.4 Å². The van der Waals surface area contributed by atoms with Gasteiger partial charge in [-0.15, -0.1) is 0 Å². The minimum atomic E-state index is -2.94. The van der Waals surface area contributed by atoms with E-state index in [-0.39, 0.29) is 35.8 Å². The number of carbonyl (C=O) groups excluding carboxylic acids is 2. The van der Waals surface area contributed by atoms with Gasteiger partial charge < -0.3 is 19.7 Å². The summed E-state index contributed by atoms with van der Waals surface area (Å²) in [4.78, 5) is 27.5. The third kappa shape index (κ3) is 6.39. The zero-order chi connectivity index (χ0) is 27.6. The number of rotatable bonds is 6. The van der Waals surface area contributed by atoms with Gasteiger partial charge in [0.1, 0.15) is 39.8 Å². The number of halogens is 1. The van der Waals surface area contributed by atoms with Crippen LogP contribution in [0, 0.1) is 11.7 Å². The molecule has 0 aliphatic carbocycles. The number of fused-ring (bicyclic) bond motifs is 1. The molecule has 0 bridgehead atoms. The van der Waals surface area contributed by atoms with Crippen LogP contribution in [0.4, 0.5) is 14.9 Å². The SMILES string of the molecule is CN1C(=O)[C@@H](NC(=O)n2cc(Cc3cccc(F)c3)cn2)COc2ccc(OCC3CCS(=O)(=O)CC3)cc21. The lowest BCUT2D eigenvalue weighted by Crippen LogP contribution is -2.50. The van der Waals surface area contributed by atoms with E-state index >= 15 is 0 Å². The summed E-state index contributed by atoms with van der Waals surface area (Å²) < 4.78 is 49.6. The van der Waals surface area contributed by atoms with Crippen LogP contribution >= 0.6 is 0 Å². The maximum Gasteiger partial charge on any atom is 0.342 e. The van der Waals surface area contributed by atoms with Crippen LogP contribution in [-0.4, -0.2) is 67.9 Å². The van der Waals surface area contributed by atoms with Gasteiger partial charge in [-0.2, -0.15) is 9.78 Å². The topological polar surface area (TPSA) is 120 Å². The summed E-state index contributed by atoms with van der Waals surface area (Å²) >= 11 is 0. The summed E-state index contributed by atoms with van der Waals surface area (Å²) in [7, 11) is -1.34. The van der Waals surface area contributed by atoms with Crippen molar-refractivity contribution in [1.82, 2.24) is 15.1 Å². The Labute approximate surface area is 225 Å². The van der Waals surface area contributed by atoms with Gasteiger partial charge >= 0.3 is 6.03 Å². The van der Waals surface area contributed by atoms with Gasteiger partial charge in [0.15, 0.2) is 0 Å². The molecule has 0 unspecified atom stereocenters. The molecule has 39 heavy (non-hydrogen) atoms. The molecule has 12 heteroatoms. The molecule has 3 heterocycles. The second-order valence-corrected chi connectivity index (χ2v) is 12.1. The average molecular weight is 557 g/mol. The molecule has 2 amide bonds. The number of amides is 2. The maximum atomic E-state index is 13.5. The van der Waals surface area contributed by atoms with E-state index in [0.29, 0.717) is 48.6 Å². The van der Waals surface area contributed by atoms with Crippen molar-refractivity contribution in [2.24, 2.45) is 5.92 Å². The molecule has 2 aliphatic rings. The Morgan fingerprint density at radius 3 is 2.74 bits per heavy atom. The molecule has 1 saturated heterocycles. The van der Waals surface area contributed by atoms with Crippen molar-refractivity contribution in [2.45, 2.75) is 25.3 Å². The molecular formula is C27H29FN4O6S.